The van der Waals surface area contributed by atoms with Crippen LogP contribution < -0.4 is 5.73 Å². The van der Waals surface area contributed by atoms with E-state index in [9.17, 15) is 0 Å². The van der Waals surface area contributed by atoms with Crippen molar-refractivity contribution in [2.75, 3.05) is 0 Å². The van der Waals surface area contributed by atoms with Crippen molar-refractivity contribution in [2.24, 2.45) is 16.6 Å². The van der Waals surface area contributed by atoms with Crippen LogP contribution in [0.25, 0.3) is 0 Å². The van der Waals surface area contributed by atoms with Gasteiger partial charge in [-0.3, -0.25) is 0 Å². The van der Waals surface area contributed by atoms with Gasteiger partial charge in [0.05, 0.1) is 5.69 Å². The predicted molar refractivity (Wildman–Crippen MR) is 73.9 cm³/mol. The van der Waals surface area contributed by atoms with Gasteiger partial charge in [0.2, 0.25) is 0 Å². The SMILES string of the molecule is Cc1cc(C)c(N=C(N)C2CCCC2)c(C)c1. The first kappa shape index (κ1) is 12.2. The molecule has 0 aliphatic heterocycles. The van der Waals surface area contributed by atoms with E-state index in [1.54, 1.807) is 0 Å². The van der Waals surface area contributed by atoms with Crippen molar-refractivity contribution in [1.82, 2.24) is 0 Å². The molecule has 0 radical (unpaired) electrons. The molecule has 0 heterocycles. The zero-order valence-electron chi connectivity index (χ0n) is 11.1. The number of hydrogen-bond acceptors (Lipinski definition) is 1. The van der Waals surface area contributed by atoms with Gasteiger partial charge in [-0.2, -0.15) is 0 Å². The maximum absolute atomic E-state index is 6.14. The second-order valence-electron chi connectivity index (χ2n) is 5.27. The number of nitrogens with zero attached hydrogens (tertiary/aromatic N) is 1. The summed E-state index contributed by atoms with van der Waals surface area (Å²) in [5, 5.41) is 0. The molecule has 1 aliphatic rings. The minimum atomic E-state index is 0.509. The third-order valence-corrected chi connectivity index (χ3v) is 3.65. The van der Waals surface area contributed by atoms with Crippen molar-refractivity contribution in [3.05, 3.63) is 28.8 Å². The number of aryl methyl sites for hydroxylation is 3. The molecule has 0 bridgehead atoms. The second-order valence-corrected chi connectivity index (χ2v) is 5.27. The van der Waals surface area contributed by atoms with Crippen molar-refractivity contribution >= 4 is 11.5 Å². The fourth-order valence-electron chi connectivity index (χ4n) is 2.79. The van der Waals surface area contributed by atoms with Gasteiger partial charge in [-0.1, -0.05) is 30.5 Å². The lowest BCUT2D eigenvalue weighted by Crippen LogP contribution is -2.21. The van der Waals surface area contributed by atoms with Crippen LogP contribution in [0, 0.1) is 26.7 Å². The summed E-state index contributed by atoms with van der Waals surface area (Å²) in [7, 11) is 0. The van der Waals surface area contributed by atoms with Gasteiger partial charge in [0, 0.05) is 5.92 Å². The largest absolute Gasteiger partial charge is 0.387 e. The van der Waals surface area contributed by atoms with Gasteiger partial charge < -0.3 is 5.73 Å². The molecule has 0 aromatic heterocycles. The molecule has 92 valence electrons. The molecule has 2 rings (SSSR count). The molecule has 17 heavy (non-hydrogen) atoms. The van der Waals surface area contributed by atoms with Crippen LogP contribution in [0.2, 0.25) is 0 Å². The van der Waals surface area contributed by atoms with E-state index in [2.05, 4.69) is 37.9 Å². The monoisotopic (exact) mass is 230 g/mol. The fourth-order valence-corrected chi connectivity index (χ4v) is 2.79. The molecule has 0 amide bonds. The summed E-state index contributed by atoms with van der Waals surface area (Å²) >= 11 is 0. The number of aliphatic imine (C=N–C) groups is 1. The zero-order chi connectivity index (χ0) is 12.4. The van der Waals surface area contributed by atoms with E-state index in [4.69, 9.17) is 5.73 Å². The molecule has 1 fully saturated rings. The van der Waals surface area contributed by atoms with E-state index in [-0.39, 0.29) is 0 Å². The topological polar surface area (TPSA) is 38.4 Å². The summed E-state index contributed by atoms with van der Waals surface area (Å²) in [6.07, 6.45) is 5.01. The molecular formula is C15H22N2. The lowest BCUT2D eigenvalue weighted by molar-refractivity contribution is 0.722. The number of hydrogen-bond donors (Lipinski definition) is 1. The lowest BCUT2D eigenvalue weighted by Gasteiger charge is -2.11. The second kappa shape index (κ2) is 4.91. The highest BCUT2D eigenvalue weighted by Gasteiger charge is 2.19. The Labute approximate surface area is 104 Å². The molecule has 2 nitrogen and oxygen atoms in total. The van der Waals surface area contributed by atoms with Crippen LogP contribution in [0.5, 0.6) is 0 Å². The highest BCUT2D eigenvalue weighted by molar-refractivity contribution is 5.86. The van der Waals surface area contributed by atoms with E-state index < -0.39 is 0 Å². The molecule has 1 aromatic carbocycles. The zero-order valence-corrected chi connectivity index (χ0v) is 11.1. The summed E-state index contributed by atoms with van der Waals surface area (Å²) in [5.41, 5.74) is 10.9. The molecule has 0 saturated heterocycles. The highest BCUT2D eigenvalue weighted by atomic mass is 14.9. The van der Waals surface area contributed by atoms with Crippen molar-refractivity contribution in [1.29, 1.82) is 0 Å². The number of amidine groups is 1. The third-order valence-electron chi connectivity index (χ3n) is 3.65. The van der Waals surface area contributed by atoms with Crippen LogP contribution in [0.1, 0.15) is 42.4 Å². The van der Waals surface area contributed by atoms with E-state index in [0.29, 0.717) is 5.92 Å². The Kier molecular flexibility index (Phi) is 3.51. The molecule has 1 aromatic rings. The lowest BCUT2D eigenvalue weighted by atomic mass is 10.0. The first-order chi connectivity index (χ1) is 8.08. The van der Waals surface area contributed by atoms with Crippen LogP contribution in [0.3, 0.4) is 0 Å². The van der Waals surface area contributed by atoms with Crippen LogP contribution in [0.15, 0.2) is 17.1 Å². The van der Waals surface area contributed by atoms with Crippen LogP contribution in [-0.4, -0.2) is 5.84 Å². The highest BCUT2D eigenvalue weighted by Crippen LogP contribution is 2.29. The van der Waals surface area contributed by atoms with Gasteiger partial charge >= 0.3 is 0 Å². The van der Waals surface area contributed by atoms with Crippen LogP contribution in [0.4, 0.5) is 5.69 Å². The van der Waals surface area contributed by atoms with Gasteiger partial charge in [0.1, 0.15) is 5.84 Å². The maximum Gasteiger partial charge on any atom is 0.103 e. The Hall–Kier alpha value is -1.31. The molecule has 2 heteroatoms. The average Bonchev–Trinajstić information content (AvgIpc) is 2.76. The smallest absolute Gasteiger partial charge is 0.103 e. The summed E-state index contributed by atoms with van der Waals surface area (Å²) in [5.74, 6) is 1.34. The number of benzene rings is 1. The molecule has 0 spiro atoms. The first-order valence-corrected chi connectivity index (χ1v) is 6.50. The summed E-state index contributed by atoms with van der Waals surface area (Å²) < 4.78 is 0. The normalized spacial score (nSPS) is 17.7. The Bertz CT molecular complexity index is 417. The van der Waals surface area contributed by atoms with Crippen molar-refractivity contribution in [2.45, 2.75) is 46.5 Å². The molecule has 1 aliphatic carbocycles. The average molecular weight is 230 g/mol. The Balaban J connectivity index is 2.31. The van der Waals surface area contributed by atoms with Crippen molar-refractivity contribution in [3.63, 3.8) is 0 Å². The van der Waals surface area contributed by atoms with E-state index in [1.165, 1.54) is 42.4 Å². The summed E-state index contributed by atoms with van der Waals surface area (Å²) in [6, 6.07) is 4.35. The predicted octanol–water partition coefficient (Wildman–Crippen LogP) is 3.79. The molecule has 2 N–H and O–H groups in total. The minimum Gasteiger partial charge on any atom is -0.387 e. The number of nitrogens with two attached hydrogens (primary N) is 1. The Morgan fingerprint density at radius 3 is 2.18 bits per heavy atom. The quantitative estimate of drug-likeness (QED) is 0.609. The van der Waals surface area contributed by atoms with E-state index >= 15 is 0 Å². The minimum absolute atomic E-state index is 0.509. The van der Waals surface area contributed by atoms with E-state index in [0.717, 1.165) is 11.5 Å². The van der Waals surface area contributed by atoms with Crippen LogP contribution in [-0.2, 0) is 0 Å². The van der Waals surface area contributed by atoms with Gasteiger partial charge in [0.15, 0.2) is 0 Å². The molecule has 1 saturated carbocycles. The van der Waals surface area contributed by atoms with Gasteiger partial charge in [-0.05, 0) is 44.7 Å². The molecular weight excluding hydrogens is 208 g/mol. The number of rotatable bonds is 2. The van der Waals surface area contributed by atoms with Gasteiger partial charge in [-0.25, -0.2) is 4.99 Å². The van der Waals surface area contributed by atoms with Crippen molar-refractivity contribution < 1.29 is 0 Å². The maximum atomic E-state index is 6.14. The Morgan fingerprint density at radius 2 is 1.65 bits per heavy atom. The molecule has 0 atom stereocenters. The molecule has 0 unspecified atom stereocenters. The van der Waals surface area contributed by atoms with Crippen molar-refractivity contribution in [3.8, 4) is 0 Å². The summed E-state index contributed by atoms with van der Waals surface area (Å²) in [6.45, 7) is 6.34. The first-order valence-electron chi connectivity index (χ1n) is 6.50. The summed E-state index contributed by atoms with van der Waals surface area (Å²) in [4.78, 5) is 4.68. The standard InChI is InChI=1S/C15H22N2/c1-10-8-11(2)14(12(3)9-10)17-15(16)13-6-4-5-7-13/h8-9,13H,4-7H2,1-3H3,(H2,16,17). The van der Waals surface area contributed by atoms with Crippen LogP contribution >= 0.6 is 0 Å². The van der Waals surface area contributed by atoms with Gasteiger partial charge in [0.25, 0.3) is 0 Å². The Morgan fingerprint density at radius 1 is 1.12 bits per heavy atom. The van der Waals surface area contributed by atoms with Gasteiger partial charge in [-0.15, -0.1) is 0 Å². The van der Waals surface area contributed by atoms with E-state index in [1.807, 2.05) is 0 Å². The third kappa shape index (κ3) is 2.68. The fraction of sp³-hybridized carbons (Fsp3) is 0.533.